The van der Waals surface area contributed by atoms with E-state index in [9.17, 15) is 4.79 Å². The molecule has 0 radical (unpaired) electrons. The molecule has 0 saturated heterocycles. The highest BCUT2D eigenvalue weighted by Gasteiger charge is 1.98. The van der Waals surface area contributed by atoms with E-state index in [1.54, 1.807) is 6.07 Å². The van der Waals surface area contributed by atoms with Crippen LogP contribution < -0.4 is 0 Å². The molecule has 1 aromatic heterocycles. The number of aromatic nitrogens is 1. The molecule has 0 N–H and O–H groups in total. The minimum absolute atomic E-state index is 0.265. The van der Waals surface area contributed by atoms with Crippen LogP contribution in [-0.4, -0.2) is 11.3 Å². The van der Waals surface area contributed by atoms with Gasteiger partial charge in [-0.15, -0.1) is 11.6 Å². The van der Waals surface area contributed by atoms with Crippen LogP contribution in [0.2, 0.25) is 5.02 Å². The van der Waals surface area contributed by atoms with Crippen LogP contribution in [0, 0.1) is 0 Å². The van der Waals surface area contributed by atoms with Gasteiger partial charge in [0.1, 0.15) is 5.69 Å². The molecule has 1 aromatic rings. The molecule has 0 amide bonds. The number of nitrogens with zero attached hydrogens (tertiary/aromatic N) is 1. The van der Waals surface area contributed by atoms with E-state index < -0.39 is 0 Å². The van der Waals surface area contributed by atoms with Crippen molar-refractivity contribution in [3.63, 3.8) is 0 Å². The minimum Gasteiger partial charge on any atom is -0.296 e. The SMILES string of the molecule is O=Cc1cc(Cl)cc(CCl)n1. The first-order valence-electron chi connectivity index (χ1n) is 2.94. The van der Waals surface area contributed by atoms with E-state index in [2.05, 4.69) is 4.98 Å². The Morgan fingerprint density at radius 3 is 2.82 bits per heavy atom. The molecule has 1 heterocycles. The third-order valence-corrected chi connectivity index (χ3v) is 1.61. The number of carbonyl (C=O) groups is 1. The second kappa shape index (κ2) is 3.69. The van der Waals surface area contributed by atoms with E-state index in [0.29, 0.717) is 22.7 Å². The van der Waals surface area contributed by atoms with Crippen LogP contribution in [0.5, 0.6) is 0 Å². The summed E-state index contributed by atoms with van der Waals surface area (Å²) in [4.78, 5) is 14.1. The number of alkyl halides is 1. The number of halogens is 2. The lowest BCUT2D eigenvalue weighted by atomic mass is 10.3. The molecular weight excluding hydrogens is 185 g/mol. The molecule has 58 valence electrons. The predicted molar refractivity (Wildman–Crippen MR) is 44.2 cm³/mol. The fourth-order valence-electron chi connectivity index (χ4n) is 0.701. The van der Waals surface area contributed by atoms with Crippen molar-refractivity contribution in [1.29, 1.82) is 0 Å². The van der Waals surface area contributed by atoms with Gasteiger partial charge in [0.05, 0.1) is 11.6 Å². The summed E-state index contributed by atoms with van der Waals surface area (Å²) in [5.41, 5.74) is 0.925. The molecular formula is C7H5Cl2NO. The summed E-state index contributed by atoms with van der Waals surface area (Å²) < 4.78 is 0. The van der Waals surface area contributed by atoms with Crippen LogP contribution in [0.15, 0.2) is 12.1 Å². The second-order valence-corrected chi connectivity index (χ2v) is 2.66. The van der Waals surface area contributed by atoms with Gasteiger partial charge < -0.3 is 0 Å². The van der Waals surface area contributed by atoms with Crippen LogP contribution in [0.25, 0.3) is 0 Å². The molecule has 0 aliphatic carbocycles. The highest BCUT2D eigenvalue weighted by atomic mass is 35.5. The predicted octanol–water partition coefficient (Wildman–Crippen LogP) is 2.29. The zero-order chi connectivity index (χ0) is 8.27. The van der Waals surface area contributed by atoms with Gasteiger partial charge in [-0.2, -0.15) is 0 Å². The van der Waals surface area contributed by atoms with E-state index >= 15 is 0 Å². The standard InChI is InChI=1S/C7H5Cl2NO/c8-3-6-1-5(9)2-7(4-11)10-6/h1-2,4H,3H2. The first-order chi connectivity index (χ1) is 5.26. The monoisotopic (exact) mass is 189 g/mol. The largest absolute Gasteiger partial charge is 0.296 e. The van der Waals surface area contributed by atoms with Gasteiger partial charge in [0.2, 0.25) is 0 Å². The summed E-state index contributed by atoms with van der Waals surface area (Å²) >= 11 is 11.1. The molecule has 11 heavy (non-hydrogen) atoms. The summed E-state index contributed by atoms with van der Waals surface area (Å²) in [6, 6.07) is 3.12. The Kier molecular flexibility index (Phi) is 2.85. The summed E-state index contributed by atoms with van der Waals surface area (Å²) in [5, 5.41) is 0.484. The van der Waals surface area contributed by atoms with Gasteiger partial charge in [-0.25, -0.2) is 4.98 Å². The molecule has 0 unspecified atom stereocenters. The number of hydrogen-bond donors (Lipinski definition) is 0. The molecule has 0 fully saturated rings. The smallest absolute Gasteiger partial charge is 0.168 e. The molecule has 0 aliphatic heterocycles. The summed E-state index contributed by atoms with van der Waals surface area (Å²) in [6.07, 6.45) is 0.641. The van der Waals surface area contributed by atoms with Gasteiger partial charge in [0.25, 0.3) is 0 Å². The van der Waals surface area contributed by atoms with Crippen molar-refractivity contribution in [2.45, 2.75) is 5.88 Å². The maximum absolute atomic E-state index is 10.3. The average Bonchev–Trinajstić information content (AvgIpc) is 2.03. The van der Waals surface area contributed by atoms with Crippen molar-refractivity contribution < 1.29 is 4.79 Å². The Labute approximate surface area is 74.1 Å². The highest BCUT2D eigenvalue weighted by Crippen LogP contribution is 2.11. The van der Waals surface area contributed by atoms with E-state index in [1.807, 2.05) is 0 Å². The van der Waals surface area contributed by atoms with Crippen molar-refractivity contribution in [2.75, 3.05) is 0 Å². The molecule has 0 spiro atoms. The van der Waals surface area contributed by atoms with E-state index in [0.717, 1.165) is 0 Å². The zero-order valence-electron chi connectivity index (χ0n) is 5.55. The van der Waals surface area contributed by atoms with Gasteiger partial charge in [0, 0.05) is 5.02 Å². The van der Waals surface area contributed by atoms with Crippen LogP contribution >= 0.6 is 23.2 Å². The molecule has 0 aliphatic rings. The van der Waals surface area contributed by atoms with Gasteiger partial charge in [0.15, 0.2) is 6.29 Å². The Bertz CT molecular complexity index is 275. The third kappa shape index (κ3) is 2.17. The van der Waals surface area contributed by atoms with Crippen molar-refractivity contribution in [3.8, 4) is 0 Å². The summed E-state index contributed by atoms with van der Waals surface area (Å²) in [6.45, 7) is 0. The number of carbonyl (C=O) groups excluding carboxylic acids is 1. The molecule has 0 aromatic carbocycles. The second-order valence-electron chi connectivity index (χ2n) is 1.95. The van der Waals surface area contributed by atoms with Gasteiger partial charge >= 0.3 is 0 Å². The Morgan fingerprint density at radius 1 is 1.55 bits per heavy atom. The topological polar surface area (TPSA) is 30.0 Å². The molecule has 4 heteroatoms. The summed E-state index contributed by atoms with van der Waals surface area (Å²) in [7, 11) is 0. The van der Waals surface area contributed by atoms with Crippen molar-refractivity contribution in [2.24, 2.45) is 0 Å². The molecule has 1 rings (SSSR count). The Hall–Kier alpha value is -0.600. The maximum atomic E-state index is 10.3. The lowest BCUT2D eigenvalue weighted by molar-refractivity contribution is 0.111. The van der Waals surface area contributed by atoms with E-state index in [-0.39, 0.29) is 5.88 Å². The van der Waals surface area contributed by atoms with Gasteiger partial charge in [-0.05, 0) is 12.1 Å². The fraction of sp³-hybridized carbons (Fsp3) is 0.143. The first-order valence-corrected chi connectivity index (χ1v) is 3.85. The van der Waals surface area contributed by atoms with Crippen LogP contribution in [-0.2, 0) is 5.88 Å². The van der Waals surface area contributed by atoms with Crippen molar-refractivity contribution in [3.05, 3.63) is 28.5 Å². The van der Waals surface area contributed by atoms with E-state index in [4.69, 9.17) is 23.2 Å². The molecule has 2 nitrogen and oxygen atoms in total. The van der Waals surface area contributed by atoms with Crippen LogP contribution in [0.4, 0.5) is 0 Å². The van der Waals surface area contributed by atoms with Crippen LogP contribution in [0.3, 0.4) is 0 Å². The quantitative estimate of drug-likeness (QED) is 0.528. The fourth-order valence-corrected chi connectivity index (χ4v) is 1.08. The Morgan fingerprint density at radius 2 is 2.27 bits per heavy atom. The summed E-state index contributed by atoms with van der Waals surface area (Å²) in [5.74, 6) is 0.265. The van der Waals surface area contributed by atoms with Crippen LogP contribution in [0.1, 0.15) is 16.2 Å². The van der Waals surface area contributed by atoms with E-state index in [1.165, 1.54) is 6.07 Å². The Balaban J connectivity index is 3.11. The number of rotatable bonds is 2. The normalized spacial score (nSPS) is 9.64. The molecule has 0 bridgehead atoms. The number of hydrogen-bond acceptors (Lipinski definition) is 2. The van der Waals surface area contributed by atoms with Crippen molar-refractivity contribution in [1.82, 2.24) is 4.98 Å². The molecule has 0 saturated carbocycles. The lowest BCUT2D eigenvalue weighted by Gasteiger charge is -1.96. The first kappa shape index (κ1) is 8.50. The van der Waals surface area contributed by atoms with Crippen molar-refractivity contribution >= 4 is 29.5 Å². The number of pyridine rings is 1. The van der Waals surface area contributed by atoms with Gasteiger partial charge in [-0.1, -0.05) is 11.6 Å². The highest BCUT2D eigenvalue weighted by molar-refractivity contribution is 6.30. The average molecular weight is 190 g/mol. The lowest BCUT2D eigenvalue weighted by Crippen LogP contribution is -1.91. The maximum Gasteiger partial charge on any atom is 0.168 e. The number of aldehydes is 1. The zero-order valence-corrected chi connectivity index (χ0v) is 7.06. The minimum atomic E-state index is 0.265. The van der Waals surface area contributed by atoms with Gasteiger partial charge in [-0.3, -0.25) is 4.79 Å². The third-order valence-electron chi connectivity index (χ3n) is 1.12. The molecule has 0 atom stereocenters.